The van der Waals surface area contributed by atoms with Gasteiger partial charge < -0.3 is 14.3 Å². The first-order valence-corrected chi connectivity index (χ1v) is 10.7. The van der Waals surface area contributed by atoms with Crippen molar-refractivity contribution in [2.24, 2.45) is 21.9 Å². The molecule has 6 heteroatoms. The molecule has 2 aromatic rings. The van der Waals surface area contributed by atoms with Gasteiger partial charge in [0, 0.05) is 5.41 Å². The summed E-state index contributed by atoms with van der Waals surface area (Å²) in [6, 6.07) is 9.54. The molecule has 0 spiro atoms. The number of rotatable bonds is 3. The summed E-state index contributed by atoms with van der Waals surface area (Å²) in [5, 5.41) is 6.29. The average molecular weight is 410 g/mol. The van der Waals surface area contributed by atoms with Gasteiger partial charge in [-0.25, -0.2) is 4.79 Å². The van der Waals surface area contributed by atoms with Crippen molar-refractivity contribution in [2.75, 3.05) is 6.79 Å². The van der Waals surface area contributed by atoms with E-state index in [1.54, 1.807) is 6.07 Å². The maximum Gasteiger partial charge on any atom is 0.375 e. The largest absolute Gasteiger partial charge is 0.454 e. The Hall–Kier alpha value is -2.60. The fourth-order valence-corrected chi connectivity index (χ4v) is 5.58. The van der Waals surface area contributed by atoms with Gasteiger partial charge in [0.05, 0.1) is 5.71 Å². The topological polar surface area (TPSA) is 57.1 Å². The lowest BCUT2D eigenvalue weighted by Gasteiger charge is -2.33. The van der Waals surface area contributed by atoms with Crippen LogP contribution in [0, 0.1) is 16.7 Å². The summed E-state index contributed by atoms with van der Waals surface area (Å²) in [4.78, 5) is 18.3. The second-order valence-corrected chi connectivity index (χ2v) is 9.60. The molecular formula is C23H23NO4S. The molecule has 1 aromatic carbocycles. The SMILES string of the molecule is CC12CCC(C(=Cc3ccc4c(c3)OCO4)C1=NOC(=O)c1cccs1)C2(C)C. The van der Waals surface area contributed by atoms with Gasteiger partial charge >= 0.3 is 5.97 Å². The number of oxime groups is 1. The van der Waals surface area contributed by atoms with Crippen molar-refractivity contribution in [2.45, 2.75) is 33.6 Å². The van der Waals surface area contributed by atoms with Crippen LogP contribution in [0.4, 0.5) is 0 Å². The Morgan fingerprint density at radius 2 is 2.07 bits per heavy atom. The Balaban J connectivity index is 1.53. The molecule has 2 bridgehead atoms. The molecule has 0 radical (unpaired) electrons. The molecule has 2 heterocycles. The predicted octanol–water partition coefficient (Wildman–Crippen LogP) is 5.53. The van der Waals surface area contributed by atoms with E-state index in [9.17, 15) is 4.79 Å². The number of hydrogen-bond acceptors (Lipinski definition) is 6. The quantitative estimate of drug-likeness (QED) is 0.494. The number of carbonyl (C=O) groups is 1. The number of carbonyl (C=O) groups excluding carboxylic acids is 1. The lowest BCUT2D eigenvalue weighted by Crippen LogP contribution is -2.33. The second kappa shape index (κ2) is 6.46. The van der Waals surface area contributed by atoms with E-state index in [0.29, 0.717) is 10.8 Å². The minimum atomic E-state index is -0.404. The van der Waals surface area contributed by atoms with Gasteiger partial charge in [0.1, 0.15) is 4.88 Å². The highest BCUT2D eigenvalue weighted by Gasteiger charge is 2.63. The van der Waals surface area contributed by atoms with Gasteiger partial charge in [0.2, 0.25) is 6.79 Å². The molecule has 2 saturated carbocycles. The molecule has 1 aliphatic heterocycles. The number of thiophene rings is 1. The second-order valence-electron chi connectivity index (χ2n) is 8.65. The summed E-state index contributed by atoms with van der Waals surface area (Å²) < 4.78 is 10.9. The number of allylic oxidation sites excluding steroid dienone is 1. The number of ether oxygens (including phenoxy) is 2. The van der Waals surface area contributed by atoms with Crippen LogP contribution >= 0.6 is 11.3 Å². The van der Waals surface area contributed by atoms with E-state index >= 15 is 0 Å². The highest BCUT2D eigenvalue weighted by molar-refractivity contribution is 7.11. The molecule has 2 atom stereocenters. The summed E-state index contributed by atoms with van der Waals surface area (Å²) in [7, 11) is 0. The molecule has 2 unspecified atom stereocenters. The maximum atomic E-state index is 12.4. The highest BCUT2D eigenvalue weighted by atomic mass is 32.1. The number of nitrogens with zero attached hydrogens (tertiary/aromatic N) is 1. The van der Waals surface area contributed by atoms with Crippen LogP contribution in [0.25, 0.3) is 6.08 Å². The minimum Gasteiger partial charge on any atom is -0.454 e. The summed E-state index contributed by atoms with van der Waals surface area (Å²) in [5.41, 5.74) is 3.00. The van der Waals surface area contributed by atoms with Crippen LogP contribution in [-0.4, -0.2) is 18.5 Å². The third kappa shape index (κ3) is 2.73. The van der Waals surface area contributed by atoms with Crippen LogP contribution in [0.2, 0.25) is 0 Å². The Bertz CT molecular complexity index is 1040. The first-order chi connectivity index (χ1) is 13.9. The Kier molecular flexibility index (Phi) is 4.10. The zero-order valence-electron chi connectivity index (χ0n) is 16.7. The summed E-state index contributed by atoms with van der Waals surface area (Å²) in [6.45, 7) is 7.09. The molecule has 0 N–H and O–H groups in total. The first-order valence-electron chi connectivity index (χ1n) is 9.85. The van der Waals surface area contributed by atoms with Crippen LogP contribution in [0.1, 0.15) is 48.8 Å². The van der Waals surface area contributed by atoms with Crippen molar-refractivity contribution < 1.29 is 19.1 Å². The number of hydrogen-bond donors (Lipinski definition) is 0. The molecule has 2 fully saturated rings. The molecule has 3 aliphatic rings. The third-order valence-electron chi connectivity index (χ3n) is 7.06. The molecule has 5 rings (SSSR count). The van der Waals surface area contributed by atoms with E-state index in [0.717, 1.165) is 41.2 Å². The Labute approximate surface area is 174 Å². The molecule has 29 heavy (non-hydrogen) atoms. The normalized spacial score (nSPS) is 29.0. The lowest BCUT2D eigenvalue weighted by molar-refractivity contribution is 0.0515. The van der Waals surface area contributed by atoms with Gasteiger partial charge in [-0.05, 0) is 65.0 Å². The molecular weight excluding hydrogens is 386 g/mol. The summed E-state index contributed by atoms with van der Waals surface area (Å²) in [6.07, 6.45) is 4.31. The van der Waals surface area contributed by atoms with E-state index in [-0.39, 0.29) is 17.6 Å². The van der Waals surface area contributed by atoms with E-state index in [4.69, 9.17) is 14.3 Å². The molecule has 0 saturated heterocycles. The third-order valence-corrected chi connectivity index (χ3v) is 7.91. The lowest BCUT2D eigenvalue weighted by atomic mass is 9.70. The van der Waals surface area contributed by atoms with Gasteiger partial charge in [0.25, 0.3) is 0 Å². The smallest absolute Gasteiger partial charge is 0.375 e. The standard InChI is InChI=1S/C23H23NO4S/c1-22(2)16-8-9-23(22,3)20(24-28-21(25)19-5-4-10-29-19)15(16)11-14-6-7-17-18(12-14)27-13-26-17/h4-7,10-12,16H,8-9,13H2,1-3H3. The van der Waals surface area contributed by atoms with Crippen LogP contribution in [0.5, 0.6) is 11.5 Å². The predicted molar refractivity (Wildman–Crippen MR) is 112 cm³/mol. The van der Waals surface area contributed by atoms with Gasteiger partial charge in [0.15, 0.2) is 11.5 Å². The van der Waals surface area contributed by atoms with Crippen LogP contribution in [-0.2, 0) is 4.84 Å². The van der Waals surface area contributed by atoms with Gasteiger partial charge in [-0.2, -0.15) is 0 Å². The monoisotopic (exact) mass is 409 g/mol. The van der Waals surface area contributed by atoms with Crippen molar-refractivity contribution >= 4 is 29.1 Å². The van der Waals surface area contributed by atoms with Crippen LogP contribution in [0.15, 0.2) is 46.4 Å². The highest BCUT2D eigenvalue weighted by Crippen LogP contribution is 2.66. The molecule has 5 nitrogen and oxygen atoms in total. The summed E-state index contributed by atoms with van der Waals surface area (Å²) in [5.74, 6) is 1.50. The van der Waals surface area contributed by atoms with Crippen molar-refractivity contribution in [3.8, 4) is 11.5 Å². The zero-order chi connectivity index (χ0) is 20.2. The van der Waals surface area contributed by atoms with Crippen LogP contribution in [0.3, 0.4) is 0 Å². The Morgan fingerprint density at radius 3 is 2.86 bits per heavy atom. The van der Waals surface area contributed by atoms with E-state index in [1.807, 2.05) is 29.6 Å². The molecule has 1 aromatic heterocycles. The van der Waals surface area contributed by atoms with Crippen LogP contribution < -0.4 is 9.47 Å². The molecule has 2 aliphatic carbocycles. The molecule has 0 amide bonds. The maximum absolute atomic E-state index is 12.4. The van der Waals surface area contributed by atoms with Crippen molar-refractivity contribution in [1.82, 2.24) is 0 Å². The van der Waals surface area contributed by atoms with Crippen molar-refractivity contribution in [3.05, 3.63) is 51.7 Å². The van der Waals surface area contributed by atoms with Gasteiger partial charge in [-0.1, -0.05) is 38.1 Å². The van der Waals surface area contributed by atoms with E-state index in [2.05, 4.69) is 32.0 Å². The van der Waals surface area contributed by atoms with E-state index in [1.165, 1.54) is 11.3 Å². The Morgan fingerprint density at radius 1 is 1.24 bits per heavy atom. The summed E-state index contributed by atoms with van der Waals surface area (Å²) >= 11 is 1.36. The zero-order valence-corrected chi connectivity index (χ0v) is 17.5. The van der Waals surface area contributed by atoms with Crippen molar-refractivity contribution in [1.29, 1.82) is 0 Å². The molecule has 150 valence electrons. The van der Waals surface area contributed by atoms with E-state index < -0.39 is 5.97 Å². The first kappa shape index (κ1) is 18.4. The average Bonchev–Trinajstić information content (AvgIpc) is 3.44. The van der Waals surface area contributed by atoms with Gasteiger partial charge in [-0.15, -0.1) is 11.3 Å². The van der Waals surface area contributed by atoms with Crippen molar-refractivity contribution in [3.63, 3.8) is 0 Å². The fourth-order valence-electron chi connectivity index (χ4n) is 4.98. The minimum absolute atomic E-state index is 0.0450. The fraction of sp³-hybridized carbons (Fsp3) is 0.391. The van der Waals surface area contributed by atoms with Gasteiger partial charge in [-0.3, -0.25) is 0 Å². The number of benzene rings is 1. The number of fused-ring (bicyclic) bond motifs is 3.